The number of fused-ring (bicyclic) bond motifs is 1. The Morgan fingerprint density at radius 3 is 2.95 bits per heavy atom. The van der Waals surface area contributed by atoms with Crippen LogP contribution in [0.3, 0.4) is 0 Å². The van der Waals surface area contributed by atoms with Crippen molar-refractivity contribution in [2.75, 3.05) is 0 Å². The minimum atomic E-state index is -0.314. The van der Waals surface area contributed by atoms with E-state index in [9.17, 15) is 4.79 Å². The standard InChI is InChI=1S/C16H17N5O/c1-10(5-15(17)22)16(11-3-2-4-18-7-11)13-6-12-8-20-21-14(12)9-19-13/h2-4,6-10,16H,5H2,1H3,(H2,17,22)(H,20,21). The van der Waals surface area contributed by atoms with E-state index in [-0.39, 0.29) is 17.7 Å². The van der Waals surface area contributed by atoms with Crippen LogP contribution in [0.1, 0.15) is 30.5 Å². The van der Waals surface area contributed by atoms with Gasteiger partial charge in [0.15, 0.2) is 0 Å². The lowest BCUT2D eigenvalue weighted by Gasteiger charge is -2.23. The van der Waals surface area contributed by atoms with Gasteiger partial charge in [0.2, 0.25) is 5.91 Å². The first-order valence-electron chi connectivity index (χ1n) is 7.12. The first-order chi connectivity index (χ1) is 10.6. The fourth-order valence-corrected chi connectivity index (χ4v) is 2.82. The molecule has 0 aliphatic rings. The Balaban J connectivity index is 2.05. The number of primary amides is 1. The van der Waals surface area contributed by atoms with Crippen LogP contribution < -0.4 is 5.73 Å². The van der Waals surface area contributed by atoms with Crippen LogP contribution in [0.15, 0.2) is 43.0 Å². The number of carbonyl (C=O) groups is 1. The van der Waals surface area contributed by atoms with E-state index in [0.717, 1.165) is 22.2 Å². The van der Waals surface area contributed by atoms with E-state index in [1.54, 1.807) is 18.6 Å². The maximum atomic E-state index is 11.3. The summed E-state index contributed by atoms with van der Waals surface area (Å²) in [6.45, 7) is 2.00. The largest absolute Gasteiger partial charge is 0.370 e. The molecule has 3 rings (SSSR count). The maximum absolute atomic E-state index is 11.3. The molecule has 0 aliphatic carbocycles. The summed E-state index contributed by atoms with van der Waals surface area (Å²) in [4.78, 5) is 20.0. The van der Waals surface area contributed by atoms with Crippen molar-refractivity contribution in [3.63, 3.8) is 0 Å². The van der Waals surface area contributed by atoms with E-state index in [2.05, 4.69) is 20.2 Å². The van der Waals surface area contributed by atoms with E-state index in [1.165, 1.54) is 0 Å². The highest BCUT2D eigenvalue weighted by Crippen LogP contribution is 2.33. The lowest BCUT2D eigenvalue weighted by molar-refractivity contribution is -0.118. The number of hydrogen-bond acceptors (Lipinski definition) is 4. The number of hydrogen-bond donors (Lipinski definition) is 2. The molecule has 2 unspecified atom stereocenters. The number of nitrogens with one attached hydrogen (secondary N) is 1. The molecule has 0 aliphatic heterocycles. The lowest BCUT2D eigenvalue weighted by Crippen LogP contribution is -2.21. The Labute approximate surface area is 127 Å². The van der Waals surface area contributed by atoms with Crippen LogP contribution in [0.2, 0.25) is 0 Å². The molecule has 0 fully saturated rings. The average Bonchev–Trinajstić information content (AvgIpc) is 2.95. The first-order valence-corrected chi connectivity index (χ1v) is 7.12. The molecule has 1 amide bonds. The highest BCUT2D eigenvalue weighted by molar-refractivity contribution is 5.77. The second-order valence-electron chi connectivity index (χ2n) is 5.48. The molecule has 6 nitrogen and oxygen atoms in total. The average molecular weight is 295 g/mol. The summed E-state index contributed by atoms with van der Waals surface area (Å²) in [6, 6.07) is 5.88. The molecule has 3 N–H and O–H groups in total. The number of nitrogens with zero attached hydrogens (tertiary/aromatic N) is 3. The van der Waals surface area contributed by atoms with E-state index < -0.39 is 0 Å². The molecule has 3 aromatic heterocycles. The molecule has 22 heavy (non-hydrogen) atoms. The third kappa shape index (κ3) is 2.81. The van der Waals surface area contributed by atoms with E-state index in [0.29, 0.717) is 6.42 Å². The Bertz CT molecular complexity index is 783. The van der Waals surface area contributed by atoms with Gasteiger partial charge in [-0.3, -0.25) is 19.9 Å². The van der Waals surface area contributed by atoms with Gasteiger partial charge in [0.05, 0.1) is 17.9 Å². The lowest BCUT2D eigenvalue weighted by atomic mass is 9.83. The van der Waals surface area contributed by atoms with Crippen molar-refractivity contribution < 1.29 is 4.79 Å². The molecule has 0 bridgehead atoms. The minimum absolute atomic E-state index is 0.0264. The van der Waals surface area contributed by atoms with Crippen molar-refractivity contribution in [1.82, 2.24) is 20.2 Å². The predicted molar refractivity (Wildman–Crippen MR) is 82.9 cm³/mol. The van der Waals surface area contributed by atoms with Crippen LogP contribution in [0.25, 0.3) is 10.9 Å². The summed E-state index contributed by atoms with van der Waals surface area (Å²) in [5, 5.41) is 7.90. The summed E-state index contributed by atoms with van der Waals surface area (Å²) >= 11 is 0. The van der Waals surface area contributed by atoms with Crippen molar-refractivity contribution in [2.24, 2.45) is 11.7 Å². The molecule has 112 valence electrons. The quantitative estimate of drug-likeness (QED) is 0.752. The summed E-state index contributed by atoms with van der Waals surface area (Å²) in [7, 11) is 0. The molecule has 0 saturated heterocycles. The number of rotatable bonds is 5. The fraction of sp³-hybridized carbons (Fsp3) is 0.250. The van der Waals surface area contributed by atoms with Gasteiger partial charge in [-0.15, -0.1) is 0 Å². The number of aromatic nitrogens is 4. The van der Waals surface area contributed by atoms with Crippen LogP contribution in [0.5, 0.6) is 0 Å². The molecule has 3 heterocycles. The van der Waals surface area contributed by atoms with Gasteiger partial charge in [0.25, 0.3) is 0 Å². The highest BCUT2D eigenvalue weighted by atomic mass is 16.1. The van der Waals surface area contributed by atoms with Gasteiger partial charge >= 0.3 is 0 Å². The molecule has 0 radical (unpaired) electrons. The number of H-pyrrole nitrogens is 1. The summed E-state index contributed by atoms with van der Waals surface area (Å²) in [5.41, 5.74) is 8.16. The first kappa shape index (κ1) is 14.2. The third-order valence-corrected chi connectivity index (χ3v) is 3.80. The molecule has 3 aromatic rings. The zero-order valence-electron chi connectivity index (χ0n) is 12.2. The van der Waals surface area contributed by atoms with Gasteiger partial charge in [-0.1, -0.05) is 13.0 Å². The molecule has 2 atom stereocenters. The third-order valence-electron chi connectivity index (χ3n) is 3.80. The molecule has 6 heteroatoms. The van der Waals surface area contributed by atoms with Crippen LogP contribution in [0, 0.1) is 5.92 Å². The van der Waals surface area contributed by atoms with Crippen molar-refractivity contribution in [2.45, 2.75) is 19.3 Å². The zero-order valence-corrected chi connectivity index (χ0v) is 12.2. The Morgan fingerprint density at radius 2 is 2.23 bits per heavy atom. The summed E-state index contributed by atoms with van der Waals surface area (Å²) in [6.07, 6.45) is 7.36. The van der Waals surface area contributed by atoms with Crippen LogP contribution in [0.4, 0.5) is 0 Å². The SMILES string of the molecule is CC(CC(N)=O)C(c1cccnc1)c1cc2cn[nH]c2cn1. The van der Waals surface area contributed by atoms with Crippen LogP contribution >= 0.6 is 0 Å². The van der Waals surface area contributed by atoms with Gasteiger partial charge < -0.3 is 5.73 Å². The molecule has 0 aromatic carbocycles. The predicted octanol–water partition coefficient (Wildman–Crippen LogP) is 2.00. The fourth-order valence-electron chi connectivity index (χ4n) is 2.82. The van der Waals surface area contributed by atoms with Gasteiger partial charge in [0, 0.05) is 35.8 Å². The number of aromatic amines is 1. The van der Waals surface area contributed by atoms with Gasteiger partial charge in [-0.25, -0.2) is 0 Å². The molecular formula is C16H17N5O. The maximum Gasteiger partial charge on any atom is 0.217 e. The van der Waals surface area contributed by atoms with Gasteiger partial charge in [-0.05, 0) is 23.6 Å². The highest BCUT2D eigenvalue weighted by Gasteiger charge is 2.24. The smallest absolute Gasteiger partial charge is 0.217 e. The van der Waals surface area contributed by atoms with E-state index in [1.807, 2.05) is 31.3 Å². The van der Waals surface area contributed by atoms with Crippen molar-refractivity contribution in [1.29, 1.82) is 0 Å². The number of amides is 1. The minimum Gasteiger partial charge on any atom is -0.370 e. The number of carbonyl (C=O) groups excluding carboxylic acids is 1. The summed E-state index contributed by atoms with van der Waals surface area (Å²) in [5.74, 6) is -0.329. The monoisotopic (exact) mass is 295 g/mol. The van der Waals surface area contributed by atoms with E-state index in [4.69, 9.17) is 5.73 Å². The zero-order chi connectivity index (χ0) is 15.5. The normalized spacial score (nSPS) is 13.9. The molecule has 0 spiro atoms. The van der Waals surface area contributed by atoms with Crippen LogP contribution in [-0.4, -0.2) is 26.1 Å². The van der Waals surface area contributed by atoms with Gasteiger partial charge in [0.1, 0.15) is 0 Å². The van der Waals surface area contributed by atoms with Crippen molar-refractivity contribution in [3.05, 3.63) is 54.2 Å². The van der Waals surface area contributed by atoms with Crippen molar-refractivity contribution in [3.8, 4) is 0 Å². The Morgan fingerprint density at radius 1 is 1.36 bits per heavy atom. The second kappa shape index (κ2) is 5.93. The van der Waals surface area contributed by atoms with E-state index >= 15 is 0 Å². The Hall–Kier alpha value is -2.76. The molecular weight excluding hydrogens is 278 g/mol. The van der Waals surface area contributed by atoms with Crippen LogP contribution in [-0.2, 0) is 4.79 Å². The summed E-state index contributed by atoms with van der Waals surface area (Å²) < 4.78 is 0. The molecule has 0 saturated carbocycles. The second-order valence-corrected chi connectivity index (χ2v) is 5.48. The topological polar surface area (TPSA) is 97.5 Å². The number of nitrogens with two attached hydrogens (primary N) is 1. The Kier molecular flexibility index (Phi) is 3.82. The van der Waals surface area contributed by atoms with Gasteiger partial charge in [-0.2, -0.15) is 5.10 Å². The van der Waals surface area contributed by atoms with Crippen molar-refractivity contribution >= 4 is 16.8 Å². The number of pyridine rings is 2.